The molecule has 6 heteroatoms. The lowest BCUT2D eigenvalue weighted by Gasteiger charge is -2.32. The molecule has 1 fully saturated rings. The molecule has 1 aromatic carbocycles. The van der Waals surface area contributed by atoms with Crippen molar-refractivity contribution in [3.8, 4) is 0 Å². The summed E-state index contributed by atoms with van der Waals surface area (Å²) in [6, 6.07) is 2.35. The van der Waals surface area contributed by atoms with Crippen molar-refractivity contribution in [1.82, 2.24) is 10.2 Å². The molecule has 0 radical (unpaired) electrons. The van der Waals surface area contributed by atoms with E-state index in [2.05, 4.69) is 21.2 Å². The van der Waals surface area contributed by atoms with Crippen LogP contribution in [-0.4, -0.2) is 36.5 Å². The van der Waals surface area contributed by atoms with Gasteiger partial charge in [0.2, 0.25) is 5.91 Å². The first-order valence-corrected chi connectivity index (χ1v) is 6.91. The summed E-state index contributed by atoms with van der Waals surface area (Å²) >= 11 is 2.91. The minimum Gasteiger partial charge on any atom is -0.340 e. The van der Waals surface area contributed by atoms with Crippen molar-refractivity contribution in [3.05, 3.63) is 33.8 Å². The van der Waals surface area contributed by atoms with Crippen LogP contribution in [0.1, 0.15) is 12.5 Å². The molecule has 1 aromatic rings. The standard InChI is InChI=1S/C13H15BrF2N2O/c1-8-7-18(3-2-17-8)13(19)5-9-4-12(16)10(14)6-11(9)15/h4,6,8,17H,2-3,5,7H2,1H3/t8-/m0/s1. The van der Waals surface area contributed by atoms with Crippen LogP contribution in [0.4, 0.5) is 8.78 Å². The molecule has 1 atom stereocenters. The van der Waals surface area contributed by atoms with Gasteiger partial charge in [0.05, 0.1) is 10.9 Å². The highest BCUT2D eigenvalue weighted by Crippen LogP contribution is 2.20. The van der Waals surface area contributed by atoms with E-state index in [9.17, 15) is 13.6 Å². The maximum Gasteiger partial charge on any atom is 0.227 e. The fourth-order valence-electron chi connectivity index (χ4n) is 2.13. The minimum atomic E-state index is -0.565. The number of amides is 1. The van der Waals surface area contributed by atoms with Gasteiger partial charge in [-0.05, 0) is 35.0 Å². The quantitative estimate of drug-likeness (QED) is 0.841. The maximum atomic E-state index is 13.7. The molecule has 0 saturated carbocycles. The molecule has 1 amide bonds. The number of halogens is 3. The van der Waals surface area contributed by atoms with Gasteiger partial charge in [0.1, 0.15) is 11.6 Å². The van der Waals surface area contributed by atoms with Crippen molar-refractivity contribution in [1.29, 1.82) is 0 Å². The Morgan fingerprint density at radius 1 is 1.47 bits per heavy atom. The second kappa shape index (κ2) is 5.96. The zero-order valence-corrected chi connectivity index (χ0v) is 12.1. The molecule has 19 heavy (non-hydrogen) atoms. The summed E-state index contributed by atoms with van der Waals surface area (Å²) in [5.74, 6) is -1.29. The highest BCUT2D eigenvalue weighted by Gasteiger charge is 2.21. The number of hydrogen-bond donors (Lipinski definition) is 1. The molecule has 1 aliphatic rings. The second-order valence-electron chi connectivity index (χ2n) is 4.73. The zero-order valence-electron chi connectivity index (χ0n) is 10.5. The van der Waals surface area contributed by atoms with Gasteiger partial charge in [0, 0.05) is 31.2 Å². The van der Waals surface area contributed by atoms with Crippen LogP contribution in [0.15, 0.2) is 16.6 Å². The average Bonchev–Trinajstić information content (AvgIpc) is 2.36. The lowest BCUT2D eigenvalue weighted by atomic mass is 10.1. The van der Waals surface area contributed by atoms with Gasteiger partial charge in [-0.15, -0.1) is 0 Å². The molecule has 1 heterocycles. The third kappa shape index (κ3) is 3.51. The summed E-state index contributed by atoms with van der Waals surface area (Å²) in [5, 5.41) is 3.22. The second-order valence-corrected chi connectivity index (χ2v) is 5.58. The Morgan fingerprint density at radius 3 is 2.89 bits per heavy atom. The molecule has 2 rings (SSSR count). The Kier molecular flexibility index (Phi) is 4.52. The Morgan fingerprint density at radius 2 is 2.21 bits per heavy atom. The number of carbonyl (C=O) groups is 1. The van der Waals surface area contributed by atoms with Crippen molar-refractivity contribution in [2.45, 2.75) is 19.4 Å². The number of nitrogens with one attached hydrogen (secondary N) is 1. The van der Waals surface area contributed by atoms with Gasteiger partial charge in [0.15, 0.2) is 0 Å². The SMILES string of the molecule is C[C@H]1CN(C(=O)Cc2cc(F)c(Br)cc2F)CCN1. The summed E-state index contributed by atoms with van der Waals surface area (Å²) in [4.78, 5) is 13.7. The minimum absolute atomic E-state index is 0.0667. The van der Waals surface area contributed by atoms with Crippen molar-refractivity contribution in [2.24, 2.45) is 0 Å². The highest BCUT2D eigenvalue weighted by atomic mass is 79.9. The van der Waals surface area contributed by atoms with Gasteiger partial charge in [0.25, 0.3) is 0 Å². The first-order chi connectivity index (χ1) is 8.97. The number of carbonyl (C=O) groups excluding carboxylic acids is 1. The topological polar surface area (TPSA) is 32.3 Å². The lowest BCUT2D eigenvalue weighted by Crippen LogP contribution is -2.51. The Bertz CT molecular complexity index is 496. The fraction of sp³-hybridized carbons (Fsp3) is 0.462. The van der Waals surface area contributed by atoms with Gasteiger partial charge >= 0.3 is 0 Å². The molecular weight excluding hydrogens is 318 g/mol. The largest absolute Gasteiger partial charge is 0.340 e. The molecule has 0 aromatic heterocycles. The summed E-state index contributed by atoms with van der Waals surface area (Å²) in [7, 11) is 0. The van der Waals surface area contributed by atoms with E-state index < -0.39 is 11.6 Å². The molecular formula is C13H15BrF2N2O. The summed E-state index contributed by atoms with van der Waals surface area (Å²) in [5.41, 5.74) is 0.0943. The molecule has 0 bridgehead atoms. The van der Waals surface area contributed by atoms with Crippen molar-refractivity contribution >= 4 is 21.8 Å². The summed E-state index contributed by atoms with van der Waals surface area (Å²) in [6.45, 7) is 3.91. The highest BCUT2D eigenvalue weighted by molar-refractivity contribution is 9.10. The van der Waals surface area contributed by atoms with Gasteiger partial charge < -0.3 is 10.2 Å². The third-order valence-electron chi connectivity index (χ3n) is 3.15. The molecule has 0 unspecified atom stereocenters. The average molecular weight is 333 g/mol. The van der Waals surface area contributed by atoms with Crippen LogP contribution in [-0.2, 0) is 11.2 Å². The third-order valence-corrected chi connectivity index (χ3v) is 3.76. The van der Waals surface area contributed by atoms with E-state index in [1.165, 1.54) is 0 Å². The van der Waals surface area contributed by atoms with Gasteiger partial charge in [-0.2, -0.15) is 0 Å². The Labute approximate surface area is 119 Å². The van der Waals surface area contributed by atoms with E-state index in [0.717, 1.165) is 18.7 Å². The smallest absolute Gasteiger partial charge is 0.227 e. The monoisotopic (exact) mass is 332 g/mol. The number of nitrogens with zero attached hydrogens (tertiary/aromatic N) is 1. The van der Waals surface area contributed by atoms with E-state index in [0.29, 0.717) is 13.1 Å². The van der Waals surface area contributed by atoms with Crippen LogP contribution in [0.5, 0.6) is 0 Å². The summed E-state index contributed by atoms with van der Waals surface area (Å²) in [6.07, 6.45) is -0.108. The number of benzene rings is 1. The van der Waals surface area contributed by atoms with Gasteiger partial charge in [-0.25, -0.2) is 8.78 Å². The predicted molar refractivity (Wildman–Crippen MR) is 71.8 cm³/mol. The van der Waals surface area contributed by atoms with Crippen LogP contribution < -0.4 is 5.32 Å². The van der Waals surface area contributed by atoms with E-state index in [4.69, 9.17) is 0 Å². The normalized spacial score (nSPS) is 19.6. The summed E-state index contributed by atoms with van der Waals surface area (Å²) < 4.78 is 27.1. The molecule has 104 valence electrons. The molecule has 1 saturated heterocycles. The Balaban J connectivity index is 2.08. The van der Waals surface area contributed by atoms with Crippen molar-refractivity contribution in [3.63, 3.8) is 0 Å². The lowest BCUT2D eigenvalue weighted by molar-refractivity contribution is -0.131. The molecule has 1 aliphatic heterocycles. The van der Waals surface area contributed by atoms with E-state index in [-0.39, 0.29) is 28.4 Å². The van der Waals surface area contributed by atoms with Gasteiger partial charge in [-0.3, -0.25) is 4.79 Å². The Hall–Kier alpha value is -1.01. The number of piperazine rings is 1. The molecule has 0 aliphatic carbocycles. The maximum absolute atomic E-state index is 13.7. The number of hydrogen-bond acceptors (Lipinski definition) is 2. The fourth-order valence-corrected chi connectivity index (χ4v) is 2.45. The van der Waals surface area contributed by atoms with Crippen LogP contribution in [0, 0.1) is 11.6 Å². The molecule has 1 N–H and O–H groups in total. The number of rotatable bonds is 2. The van der Waals surface area contributed by atoms with Crippen molar-refractivity contribution < 1.29 is 13.6 Å². The van der Waals surface area contributed by atoms with Crippen LogP contribution in [0.3, 0.4) is 0 Å². The first kappa shape index (κ1) is 14.4. The molecule has 0 spiro atoms. The molecule has 3 nitrogen and oxygen atoms in total. The van der Waals surface area contributed by atoms with E-state index >= 15 is 0 Å². The predicted octanol–water partition coefficient (Wildman–Crippen LogP) is 2.09. The first-order valence-electron chi connectivity index (χ1n) is 6.12. The van der Waals surface area contributed by atoms with Gasteiger partial charge in [-0.1, -0.05) is 0 Å². The van der Waals surface area contributed by atoms with Crippen LogP contribution >= 0.6 is 15.9 Å². The van der Waals surface area contributed by atoms with Crippen LogP contribution in [0.2, 0.25) is 0 Å². The van der Waals surface area contributed by atoms with E-state index in [1.807, 2.05) is 6.92 Å². The van der Waals surface area contributed by atoms with Crippen LogP contribution in [0.25, 0.3) is 0 Å². The van der Waals surface area contributed by atoms with E-state index in [1.54, 1.807) is 4.90 Å². The zero-order chi connectivity index (χ0) is 14.0. The van der Waals surface area contributed by atoms with Crippen molar-refractivity contribution in [2.75, 3.05) is 19.6 Å².